The van der Waals surface area contributed by atoms with Gasteiger partial charge in [-0.3, -0.25) is 0 Å². The first-order valence-corrected chi connectivity index (χ1v) is 12.1. The molecule has 0 fully saturated rings. The molecule has 158 valence electrons. The van der Waals surface area contributed by atoms with E-state index >= 15 is 0 Å². The molecule has 0 atom stereocenters. The van der Waals surface area contributed by atoms with Gasteiger partial charge in [0.05, 0.1) is 18.0 Å². The largest absolute Gasteiger partial charge is 0.491 e. The summed E-state index contributed by atoms with van der Waals surface area (Å²) in [5.41, 5.74) is 3.33. The highest BCUT2D eigenvalue weighted by molar-refractivity contribution is 9.09. The maximum absolute atomic E-state index is 6.30. The van der Waals surface area contributed by atoms with Crippen molar-refractivity contribution in [3.05, 3.63) is 97.1 Å². The van der Waals surface area contributed by atoms with Crippen molar-refractivity contribution < 1.29 is 4.74 Å². The lowest BCUT2D eigenvalue weighted by atomic mass is 10.1. The second kappa shape index (κ2) is 11.0. The van der Waals surface area contributed by atoms with Gasteiger partial charge in [0.25, 0.3) is 0 Å². The fourth-order valence-electron chi connectivity index (χ4n) is 3.88. The van der Waals surface area contributed by atoms with Gasteiger partial charge in [-0.1, -0.05) is 95.5 Å². The molecule has 3 heteroatoms. The number of halogens is 1. The number of fused-ring (bicyclic) bond motifs is 1. The molecule has 0 amide bonds. The molecule has 4 aromatic carbocycles. The molecule has 4 aromatic rings. The normalized spacial score (nSPS) is 10.9. The molecule has 0 unspecified atom stereocenters. The van der Waals surface area contributed by atoms with Gasteiger partial charge in [-0.05, 0) is 48.6 Å². The summed E-state index contributed by atoms with van der Waals surface area (Å²) >= 11 is 3.51. The number of anilines is 3. The Morgan fingerprint density at radius 1 is 0.613 bits per heavy atom. The highest BCUT2D eigenvalue weighted by Crippen LogP contribution is 2.42. The number of hydrogen-bond donors (Lipinski definition) is 0. The highest BCUT2D eigenvalue weighted by atomic mass is 79.9. The van der Waals surface area contributed by atoms with Crippen molar-refractivity contribution in [1.29, 1.82) is 0 Å². The van der Waals surface area contributed by atoms with E-state index in [1.165, 1.54) is 30.0 Å². The molecular weight excluding hydrogens is 446 g/mol. The average molecular weight is 474 g/mol. The Labute approximate surface area is 193 Å². The van der Waals surface area contributed by atoms with Crippen molar-refractivity contribution >= 4 is 43.8 Å². The molecule has 0 aliphatic carbocycles. The van der Waals surface area contributed by atoms with Crippen LogP contribution in [0.15, 0.2) is 97.1 Å². The van der Waals surface area contributed by atoms with Crippen LogP contribution in [-0.2, 0) is 0 Å². The fraction of sp³-hybridized carbons (Fsp3) is 0.214. The van der Waals surface area contributed by atoms with Gasteiger partial charge < -0.3 is 9.64 Å². The zero-order chi connectivity index (χ0) is 21.3. The van der Waals surface area contributed by atoms with Gasteiger partial charge in [-0.25, -0.2) is 0 Å². The van der Waals surface area contributed by atoms with E-state index in [-0.39, 0.29) is 0 Å². The van der Waals surface area contributed by atoms with Gasteiger partial charge in [-0.2, -0.15) is 0 Å². The lowest BCUT2D eigenvalue weighted by Crippen LogP contribution is -2.12. The molecule has 0 aliphatic rings. The second-order valence-corrected chi connectivity index (χ2v) is 8.38. The quantitative estimate of drug-likeness (QED) is 0.168. The van der Waals surface area contributed by atoms with Crippen LogP contribution in [0.2, 0.25) is 0 Å². The van der Waals surface area contributed by atoms with Crippen LogP contribution in [-0.4, -0.2) is 11.9 Å². The van der Waals surface area contributed by atoms with Crippen LogP contribution in [0.5, 0.6) is 5.75 Å². The van der Waals surface area contributed by atoms with Crippen LogP contribution in [0, 0.1) is 0 Å². The third-order valence-electron chi connectivity index (χ3n) is 5.41. The second-order valence-electron chi connectivity index (χ2n) is 7.59. The number of para-hydroxylation sites is 3. The molecule has 31 heavy (non-hydrogen) atoms. The van der Waals surface area contributed by atoms with Gasteiger partial charge in [0.2, 0.25) is 0 Å². The molecule has 0 spiro atoms. The number of rotatable bonds is 10. The van der Waals surface area contributed by atoms with Gasteiger partial charge in [0.1, 0.15) is 5.75 Å². The minimum absolute atomic E-state index is 0.734. The van der Waals surface area contributed by atoms with Gasteiger partial charge in [0.15, 0.2) is 0 Å². The molecule has 0 aliphatic heterocycles. The van der Waals surface area contributed by atoms with Crippen molar-refractivity contribution in [3.63, 3.8) is 0 Å². The average Bonchev–Trinajstić information content (AvgIpc) is 2.83. The summed E-state index contributed by atoms with van der Waals surface area (Å²) in [6, 6.07) is 33.9. The lowest BCUT2D eigenvalue weighted by Gasteiger charge is -2.28. The van der Waals surface area contributed by atoms with Gasteiger partial charge in [0, 0.05) is 16.4 Å². The summed E-state index contributed by atoms with van der Waals surface area (Å²) in [6.45, 7) is 0.734. The summed E-state index contributed by atoms with van der Waals surface area (Å²) in [7, 11) is 0. The Balaban J connectivity index is 1.71. The summed E-state index contributed by atoms with van der Waals surface area (Å²) < 4.78 is 6.30. The SMILES string of the molecule is BrCCCCCCOc1ccccc1N(c1ccccc1)c1cccc2ccccc12. The third-order valence-corrected chi connectivity index (χ3v) is 5.97. The van der Waals surface area contributed by atoms with Crippen molar-refractivity contribution in [1.82, 2.24) is 0 Å². The molecule has 0 saturated carbocycles. The van der Waals surface area contributed by atoms with Crippen molar-refractivity contribution in [3.8, 4) is 5.75 Å². The number of unbranched alkanes of at least 4 members (excludes halogenated alkanes) is 3. The topological polar surface area (TPSA) is 12.5 Å². The standard InChI is InChI=1S/C28H28BrNO/c29-21-10-1-2-11-22-31-28-20-9-8-18-27(28)30(24-15-4-3-5-16-24)26-19-12-14-23-13-6-7-17-25(23)26/h3-9,12-20H,1-2,10-11,21-22H2. The number of ether oxygens (including phenoxy) is 1. The van der Waals surface area contributed by atoms with E-state index in [2.05, 4.69) is 118 Å². The molecule has 0 radical (unpaired) electrons. The van der Waals surface area contributed by atoms with Crippen molar-refractivity contribution in [2.75, 3.05) is 16.8 Å². The van der Waals surface area contributed by atoms with E-state index in [0.717, 1.165) is 41.2 Å². The Hall–Kier alpha value is -2.78. The lowest BCUT2D eigenvalue weighted by molar-refractivity contribution is 0.306. The van der Waals surface area contributed by atoms with Crippen LogP contribution in [0.3, 0.4) is 0 Å². The number of alkyl halides is 1. The van der Waals surface area contributed by atoms with Crippen LogP contribution >= 0.6 is 15.9 Å². The maximum atomic E-state index is 6.30. The van der Waals surface area contributed by atoms with Crippen LogP contribution in [0.25, 0.3) is 10.8 Å². The molecule has 0 heterocycles. The Morgan fingerprint density at radius 2 is 1.29 bits per heavy atom. The van der Waals surface area contributed by atoms with Crippen LogP contribution in [0.4, 0.5) is 17.1 Å². The smallest absolute Gasteiger partial charge is 0.143 e. The van der Waals surface area contributed by atoms with E-state index < -0.39 is 0 Å². The minimum Gasteiger partial charge on any atom is -0.491 e. The molecule has 0 bridgehead atoms. The highest BCUT2D eigenvalue weighted by Gasteiger charge is 2.18. The number of benzene rings is 4. The Bertz CT molecular complexity index is 1090. The zero-order valence-corrected chi connectivity index (χ0v) is 19.3. The number of nitrogens with zero attached hydrogens (tertiary/aromatic N) is 1. The first-order chi connectivity index (χ1) is 15.4. The minimum atomic E-state index is 0.734. The third kappa shape index (κ3) is 5.29. The number of hydrogen-bond acceptors (Lipinski definition) is 2. The van der Waals surface area contributed by atoms with E-state index in [4.69, 9.17) is 4.74 Å². The van der Waals surface area contributed by atoms with Gasteiger partial charge in [-0.15, -0.1) is 0 Å². The molecule has 4 rings (SSSR count). The first-order valence-electron chi connectivity index (χ1n) is 11.0. The maximum Gasteiger partial charge on any atom is 0.143 e. The zero-order valence-electron chi connectivity index (χ0n) is 17.7. The fourth-order valence-corrected chi connectivity index (χ4v) is 4.28. The first kappa shape index (κ1) is 21.5. The summed E-state index contributed by atoms with van der Waals surface area (Å²) in [5.74, 6) is 0.916. The monoisotopic (exact) mass is 473 g/mol. The summed E-state index contributed by atoms with van der Waals surface area (Å²) in [4.78, 5) is 2.31. The Kier molecular flexibility index (Phi) is 7.62. The van der Waals surface area contributed by atoms with Crippen LogP contribution < -0.4 is 9.64 Å². The predicted octanol–water partition coefficient (Wildman–Crippen LogP) is 8.64. The Morgan fingerprint density at radius 3 is 2.16 bits per heavy atom. The van der Waals surface area contributed by atoms with E-state index in [1.54, 1.807) is 0 Å². The summed E-state index contributed by atoms with van der Waals surface area (Å²) in [5, 5.41) is 3.53. The molecule has 2 nitrogen and oxygen atoms in total. The van der Waals surface area contributed by atoms with Crippen molar-refractivity contribution in [2.45, 2.75) is 25.7 Å². The predicted molar refractivity (Wildman–Crippen MR) is 136 cm³/mol. The molecule has 0 aromatic heterocycles. The van der Waals surface area contributed by atoms with Crippen LogP contribution in [0.1, 0.15) is 25.7 Å². The van der Waals surface area contributed by atoms with Gasteiger partial charge >= 0.3 is 0 Å². The summed E-state index contributed by atoms with van der Waals surface area (Å²) in [6.07, 6.45) is 4.72. The van der Waals surface area contributed by atoms with Crippen molar-refractivity contribution in [2.24, 2.45) is 0 Å². The molecular formula is C28H28BrNO. The van der Waals surface area contributed by atoms with E-state index in [0.29, 0.717) is 0 Å². The van der Waals surface area contributed by atoms with E-state index in [9.17, 15) is 0 Å². The molecule has 0 saturated heterocycles. The molecule has 0 N–H and O–H groups in total. The van der Waals surface area contributed by atoms with E-state index in [1.807, 2.05) is 0 Å².